The maximum atomic E-state index is 13.7. The minimum Gasteiger partial charge on any atom is -0.312 e. The summed E-state index contributed by atoms with van der Waals surface area (Å²) in [6, 6.07) is 3.50. The van der Waals surface area contributed by atoms with Gasteiger partial charge in [0.15, 0.2) is 0 Å². The summed E-state index contributed by atoms with van der Waals surface area (Å²) >= 11 is 7.73. The molecule has 0 bridgehead atoms. The summed E-state index contributed by atoms with van der Waals surface area (Å²) in [6.07, 6.45) is 1.07. The van der Waals surface area contributed by atoms with Crippen LogP contribution in [0.5, 0.6) is 0 Å². The Bertz CT molecular complexity index is 397. The van der Waals surface area contributed by atoms with E-state index in [9.17, 15) is 4.39 Å². The topological polar surface area (TPSA) is 12.0 Å². The molecule has 0 fully saturated rings. The average Bonchev–Trinajstić information content (AvgIpc) is 2.27. The van der Waals surface area contributed by atoms with Crippen molar-refractivity contribution in [1.29, 1.82) is 0 Å². The van der Waals surface area contributed by atoms with Crippen LogP contribution in [0, 0.1) is 5.82 Å². The number of rotatable bonds is 2. The molecule has 88 valence electrons. The number of fused-ring (bicyclic) bond motifs is 1. The summed E-state index contributed by atoms with van der Waals surface area (Å²) in [5, 5.41) is 4.25. The van der Waals surface area contributed by atoms with E-state index < -0.39 is 0 Å². The van der Waals surface area contributed by atoms with E-state index >= 15 is 0 Å². The van der Waals surface area contributed by atoms with E-state index in [0.29, 0.717) is 10.3 Å². The fourth-order valence-corrected chi connectivity index (χ4v) is 3.84. The first kappa shape index (κ1) is 12.2. The molecular formula is C12H15ClFNS. The third kappa shape index (κ3) is 2.08. The zero-order chi connectivity index (χ0) is 11.7. The lowest BCUT2D eigenvalue weighted by atomic mass is 9.96. The molecule has 0 spiro atoms. The molecule has 0 aliphatic carbocycles. The third-order valence-electron chi connectivity index (χ3n) is 3.06. The standard InChI is InChI=1S/C12H15ClFNS/c1-3-11-12(15-2)8-4-7(13)5-10(14)9(8)6-16-11/h4-5,11-12,15H,3,6H2,1-2H3. The number of hydrogen-bond donors (Lipinski definition) is 1. The smallest absolute Gasteiger partial charge is 0.129 e. The van der Waals surface area contributed by atoms with Crippen LogP contribution in [0.1, 0.15) is 30.5 Å². The normalized spacial score (nSPS) is 24.2. The lowest BCUT2D eigenvalue weighted by Crippen LogP contribution is -2.31. The Morgan fingerprint density at radius 3 is 2.94 bits per heavy atom. The first-order valence-electron chi connectivity index (χ1n) is 5.44. The molecular weight excluding hydrogens is 245 g/mol. The van der Waals surface area contributed by atoms with Crippen molar-refractivity contribution in [2.24, 2.45) is 0 Å². The maximum absolute atomic E-state index is 13.7. The monoisotopic (exact) mass is 259 g/mol. The van der Waals surface area contributed by atoms with Crippen LogP contribution < -0.4 is 5.32 Å². The van der Waals surface area contributed by atoms with Crippen molar-refractivity contribution < 1.29 is 4.39 Å². The highest BCUT2D eigenvalue weighted by atomic mass is 35.5. The molecule has 1 nitrogen and oxygen atoms in total. The molecule has 1 aliphatic rings. The largest absolute Gasteiger partial charge is 0.312 e. The van der Waals surface area contributed by atoms with Gasteiger partial charge in [0.2, 0.25) is 0 Å². The molecule has 2 rings (SSSR count). The molecule has 1 aromatic rings. The summed E-state index contributed by atoms with van der Waals surface area (Å²) in [5.41, 5.74) is 1.83. The summed E-state index contributed by atoms with van der Waals surface area (Å²) in [4.78, 5) is 0. The average molecular weight is 260 g/mol. The molecule has 0 amide bonds. The van der Waals surface area contributed by atoms with Crippen LogP contribution in [-0.4, -0.2) is 12.3 Å². The number of hydrogen-bond acceptors (Lipinski definition) is 2. The van der Waals surface area contributed by atoms with E-state index in [1.807, 2.05) is 24.9 Å². The van der Waals surface area contributed by atoms with Crippen LogP contribution in [0.4, 0.5) is 4.39 Å². The molecule has 0 radical (unpaired) electrons. The van der Waals surface area contributed by atoms with Gasteiger partial charge in [0.25, 0.3) is 0 Å². The second-order valence-corrected chi connectivity index (χ2v) is 5.64. The van der Waals surface area contributed by atoms with Crippen molar-refractivity contribution in [3.63, 3.8) is 0 Å². The molecule has 16 heavy (non-hydrogen) atoms. The van der Waals surface area contributed by atoms with Gasteiger partial charge < -0.3 is 5.32 Å². The van der Waals surface area contributed by atoms with E-state index in [2.05, 4.69) is 12.2 Å². The molecule has 4 heteroatoms. The number of benzene rings is 1. The highest BCUT2D eigenvalue weighted by molar-refractivity contribution is 7.99. The molecule has 2 unspecified atom stereocenters. The fraction of sp³-hybridized carbons (Fsp3) is 0.500. The van der Waals surface area contributed by atoms with Crippen LogP contribution in [0.15, 0.2) is 12.1 Å². The van der Waals surface area contributed by atoms with Gasteiger partial charge in [-0.2, -0.15) is 11.8 Å². The predicted octanol–water partition coefficient (Wildman–Crippen LogP) is 3.77. The van der Waals surface area contributed by atoms with E-state index in [4.69, 9.17) is 11.6 Å². The first-order valence-corrected chi connectivity index (χ1v) is 6.86. The van der Waals surface area contributed by atoms with E-state index in [-0.39, 0.29) is 11.9 Å². The molecule has 2 atom stereocenters. The lowest BCUT2D eigenvalue weighted by molar-refractivity contribution is 0.533. The molecule has 1 aromatic carbocycles. The fourth-order valence-electron chi connectivity index (χ4n) is 2.23. The molecule has 0 saturated heterocycles. The van der Waals surface area contributed by atoms with Crippen LogP contribution in [-0.2, 0) is 5.75 Å². The Balaban J connectivity index is 2.47. The highest BCUT2D eigenvalue weighted by Crippen LogP contribution is 2.41. The molecule has 0 aromatic heterocycles. The van der Waals surface area contributed by atoms with Crippen LogP contribution in [0.25, 0.3) is 0 Å². The third-order valence-corrected chi connectivity index (χ3v) is 4.76. The van der Waals surface area contributed by atoms with E-state index in [1.165, 1.54) is 6.07 Å². The quantitative estimate of drug-likeness (QED) is 0.868. The summed E-state index contributed by atoms with van der Waals surface area (Å²) in [6.45, 7) is 2.16. The maximum Gasteiger partial charge on any atom is 0.129 e. The Morgan fingerprint density at radius 1 is 1.56 bits per heavy atom. The Morgan fingerprint density at radius 2 is 2.31 bits per heavy atom. The van der Waals surface area contributed by atoms with Gasteiger partial charge in [-0.1, -0.05) is 18.5 Å². The summed E-state index contributed by atoms with van der Waals surface area (Å²) in [5.74, 6) is 0.569. The Hall–Kier alpha value is -0.250. The second kappa shape index (κ2) is 4.94. The number of thioether (sulfide) groups is 1. The molecule has 0 saturated carbocycles. The number of halogens is 2. The van der Waals surface area contributed by atoms with Crippen molar-refractivity contribution in [1.82, 2.24) is 5.32 Å². The van der Waals surface area contributed by atoms with Crippen molar-refractivity contribution in [3.8, 4) is 0 Å². The van der Waals surface area contributed by atoms with Gasteiger partial charge in [-0.25, -0.2) is 4.39 Å². The van der Waals surface area contributed by atoms with Gasteiger partial charge in [0.05, 0.1) is 0 Å². The first-order chi connectivity index (χ1) is 7.67. The van der Waals surface area contributed by atoms with Gasteiger partial charge in [0, 0.05) is 27.6 Å². The van der Waals surface area contributed by atoms with Gasteiger partial charge in [-0.3, -0.25) is 0 Å². The molecule has 1 N–H and O–H groups in total. The van der Waals surface area contributed by atoms with Gasteiger partial charge in [-0.05, 0) is 31.2 Å². The number of nitrogens with one attached hydrogen (secondary N) is 1. The lowest BCUT2D eigenvalue weighted by Gasteiger charge is -2.32. The van der Waals surface area contributed by atoms with Gasteiger partial charge in [0.1, 0.15) is 5.82 Å². The molecule has 1 heterocycles. The van der Waals surface area contributed by atoms with Crippen LogP contribution in [0.3, 0.4) is 0 Å². The Labute approximate surface area is 105 Å². The minimum atomic E-state index is -0.176. The van der Waals surface area contributed by atoms with Crippen molar-refractivity contribution in [2.45, 2.75) is 30.4 Å². The SMILES string of the molecule is CCC1SCc2c(F)cc(Cl)cc2C1NC. The van der Waals surface area contributed by atoms with Crippen molar-refractivity contribution in [2.75, 3.05) is 7.05 Å². The van der Waals surface area contributed by atoms with Crippen molar-refractivity contribution in [3.05, 3.63) is 34.1 Å². The van der Waals surface area contributed by atoms with Crippen LogP contribution in [0.2, 0.25) is 5.02 Å². The van der Waals surface area contributed by atoms with Crippen LogP contribution >= 0.6 is 23.4 Å². The Kier molecular flexibility index (Phi) is 3.77. The van der Waals surface area contributed by atoms with E-state index in [0.717, 1.165) is 23.3 Å². The van der Waals surface area contributed by atoms with Crippen molar-refractivity contribution >= 4 is 23.4 Å². The van der Waals surface area contributed by atoms with Gasteiger partial charge in [-0.15, -0.1) is 0 Å². The summed E-state index contributed by atoms with van der Waals surface area (Å²) < 4.78 is 13.7. The highest BCUT2D eigenvalue weighted by Gasteiger charge is 2.29. The predicted molar refractivity (Wildman–Crippen MR) is 68.6 cm³/mol. The zero-order valence-electron chi connectivity index (χ0n) is 9.39. The minimum absolute atomic E-state index is 0.176. The second-order valence-electron chi connectivity index (χ2n) is 3.98. The van der Waals surface area contributed by atoms with Gasteiger partial charge >= 0.3 is 0 Å². The molecule has 1 aliphatic heterocycles. The zero-order valence-corrected chi connectivity index (χ0v) is 11.0. The summed E-state index contributed by atoms with van der Waals surface area (Å²) in [7, 11) is 1.92. The van der Waals surface area contributed by atoms with E-state index in [1.54, 1.807) is 0 Å².